The molecule has 28 heavy (non-hydrogen) atoms. The molecule has 0 aliphatic carbocycles. The molecule has 1 unspecified atom stereocenters. The van der Waals surface area contributed by atoms with E-state index in [0.717, 1.165) is 22.6 Å². The summed E-state index contributed by atoms with van der Waals surface area (Å²) in [6.45, 7) is 1.96. The van der Waals surface area contributed by atoms with Gasteiger partial charge in [0.1, 0.15) is 18.0 Å². The van der Waals surface area contributed by atoms with E-state index in [-0.39, 0.29) is 18.5 Å². The van der Waals surface area contributed by atoms with Crippen LogP contribution in [0.1, 0.15) is 18.5 Å². The van der Waals surface area contributed by atoms with Crippen molar-refractivity contribution < 1.29 is 14.3 Å². The Bertz CT molecular complexity index is 1010. The second-order valence-corrected chi connectivity index (χ2v) is 6.58. The molecule has 7 nitrogen and oxygen atoms in total. The van der Waals surface area contributed by atoms with E-state index in [1.54, 1.807) is 18.8 Å². The SMILES string of the molecule is COc1ccc(-c2n[nH]c(=S)n2CC(=O)NC(C)c2ccccc2OC)cc1. The molecule has 2 N–H and O–H groups in total. The van der Waals surface area contributed by atoms with E-state index in [1.165, 1.54) is 0 Å². The van der Waals surface area contributed by atoms with Gasteiger partial charge in [-0.15, -0.1) is 0 Å². The van der Waals surface area contributed by atoms with Gasteiger partial charge >= 0.3 is 0 Å². The Balaban J connectivity index is 1.77. The van der Waals surface area contributed by atoms with Gasteiger partial charge in [-0.1, -0.05) is 18.2 Å². The first-order chi connectivity index (χ1) is 13.5. The number of aromatic amines is 1. The van der Waals surface area contributed by atoms with Gasteiger partial charge in [0.15, 0.2) is 10.6 Å². The maximum atomic E-state index is 12.6. The highest BCUT2D eigenvalue weighted by Crippen LogP contribution is 2.24. The maximum Gasteiger partial charge on any atom is 0.240 e. The van der Waals surface area contributed by atoms with Crippen molar-refractivity contribution in [1.82, 2.24) is 20.1 Å². The number of carbonyl (C=O) groups is 1. The number of hydrogen-bond acceptors (Lipinski definition) is 5. The largest absolute Gasteiger partial charge is 0.497 e. The Morgan fingerprint density at radius 1 is 1.18 bits per heavy atom. The normalized spacial score (nSPS) is 11.7. The molecule has 0 saturated heterocycles. The molecule has 3 aromatic rings. The zero-order chi connectivity index (χ0) is 20.1. The maximum absolute atomic E-state index is 12.6. The average Bonchev–Trinajstić information content (AvgIpc) is 3.08. The Labute approximate surface area is 168 Å². The molecule has 0 fully saturated rings. The minimum atomic E-state index is -0.214. The molecule has 146 valence electrons. The molecule has 1 amide bonds. The van der Waals surface area contributed by atoms with Gasteiger partial charge in [-0.25, -0.2) is 0 Å². The summed E-state index contributed by atoms with van der Waals surface area (Å²) in [7, 11) is 3.22. The quantitative estimate of drug-likeness (QED) is 0.596. The van der Waals surface area contributed by atoms with Crippen molar-refractivity contribution in [3.63, 3.8) is 0 Å². The van der Waals surface area contributed by atoms with Gasteiger partial charge in [0, 0.05) is 11.1 Å². The van der Waals surface area contributed by atoms with Crippen LogP contribution in [0.3, 0.4) is 0 Å². The van der Waals surface area contributed by atoms with Gasteiger partial charge in [0.05, 0.1) is 20.3 Å². The molecule has 1 atom stereocenters. The van der Waals surface area contributed by atoms with Crippen LogP contribution in [0.15, 0.2) is 48.5 Å². The first kappa shape index (κ1) is 19.6. The lowest BCUT2D eigenvalue weighted by Crippen LogP contribution is -2.30. The smallest absolute Gasteiger partial charge is 0.240 e. The van der Waals surface area contributed by atoms with E-state index in [4.69, 9.17) is 21.7 Å². The van der Waals surface area contributed by atoms with Crippen LogP contribution >= 0.6 is 12.2 Å². The summed E-state index contributed by atoms with van der Waals surface area (Å²) in [6, 6.07) is 14.8. The number of nitrogens with zero attached hydrogens (tertiary/aromatic N) is 2. The summed E-state index contributed by atoms with van der Waals surface area (Å²) >= 11 is 5.31. The molecule has 0 saturated carbocycles. The molecule has 8 heteroatoms. The van der Waals surface area contributed by atoms with E-state index >= 15 is 0 Å². The number of benzene rings is 2. The highest BCUT2D eigenvalue weighted by atomic mass is 32.1. The van der Waals surface area contributed by atoms with Crippen molar-refractivity contribution in [2.24, 2.45) is 0 Å². The fourth-order valence-electron chi connectivity index (χ4n) is 2.96. The highest BCUT2D eigenvalue weighted by molar-refractivity contribution is 7.71. The van der Waals surface area contributed by atoms with Gasteiger partial charge < -0.3 is 14.8 Å². The van der Waals surface area contributed by atoms with Gasteiger partial charge in [-0.05, 0) is 49.5 Å². The standard InChI is InChI=1S/C20H22N4O3S/c1-13(16-6-4-5-7-17(16)27-3)21-18(25)12-24-19(22-23-20(24)28)14-8-10-15(26-2)11-9-14/h4-11,13H,12H2,1-3H3,(H,21,25)(H,23,28). The highest BCUT2D eigenvalue weighted by Gasteiger charge is 2.16. The molecule has 0 aliphatic rings. The fourth-order valence-corrected chi connectivity index (χ4v) is 3.15. The molecular formula is C20H22N4O3S. The predicted molar refractivity (Wildman–Crippen MR) is 109 cm³/mol. The van der Waals surface area contributed by atoms with Gasteiger partial charge in [-0.3, -0.25) is 14.5 Å². The third-order valence-electron chi connectivity index (χ3n) is 4.39. The van der Waals surface area contributed by atoms with Crippen molar-refractivity contribution >= 4 is 18.1 Å². The summed E-state index contributed by atoms with van der Waals surface area (Å²) in [6.07, 6.45) is 0. The number of para-hydroxylation sites is 1. The Kier molecular flexibility index (Phi) is 6.10. The number of nitrogens with one attached hydrogen (secondary N) is 2. The van der Waals surface area contributed by atoms with E-state index in [2.05, 4.69) is 15.5 Å². The molecule has 0 radical (unpaired) electrons. The number of ether oxygens (including phenoxy) is 2. The van der Waals surface area contributed by atoms with Crippen LogP contribution in [0.25, 0.3) is 11.4 Å². The lowest BCUT2D eigenvalue weighted by molar-refractivity contribution is -0.122. The Morgan fingerprint density at radius 3 is 2.57 bits per heavy atom. The molecule has 1 heterocycles. The number of carbonyl (C=O) groups excluding carboxylic acids is 1. The summed E-state index contributed by atoms with van der Waals surface area (Å²) in [4.78, 5) is 12.6. The average molecular weight is 398 g/mol. The minimum Gasteiger partial charge on any atom is -0.497 e. The molecule has 0 spiro atoms. The number of H-pyrrole nitrogens is 1. The number of hydrogen-bond donors (Lipinski definition) is 2. The molecule has 0 aliphatic heterocycles. The van der Waals surface area contributed by atoms with Gasteiger partial charge in [0.2, 0.25) is 5.91 Å². The van der Waals surface area contributed by atoms with E-state index in [0.29, 0.717) is 10.6 Å². The van der Waals surface area contributed by atoms with Crippen molar-refractivity contribution in [3.8, 4) is 22.9 Å². The summed E-state index contributed by atoms with van der Waals surface area (Å²) in [5.41, 5.74) is 1.74. The molecule has 2 aromatic carbocycles. The van der Waals surface area contributed by atoms with Crippen LogP contribution in [-0.2, 0) is 11.3 Å². The Morgan fingerprint density at radius 2 is 1.89 bits per heavy atom. The molecule has 1 aromatic heterocycles. The van der Waals surface area contributed by atoms with Crippen molar-refractivity contribution in [1.29, 1.82) is 0 Å². The zero-order valence-corrected chi connectivity index (χ0v) is 16.7. The topological polar surface area (TPSA) is 81.2 Å². The van der Waals surface area contributed by atoms with Crippen molar-refractivity contribution in [2.45, 2.75) is 19.5 Å². The lowest BCUT2D eigenvalue weighted by atomic mass is 10.1. The first-order valence-corrected chi connectivity index (χ1v) is 9.16. The number of methoxy groups -OCH3 is 2. The zero-order valence-electron chi connectivity index (χ0n) is 15.9. The van der Waals surface area contributed by atoms with Crippen LogP contribution in [0, 0.1) is 4.77 Å². The van der Waals surface area contributed by atoms with Crippen molar-refractivity contribution in [3.05, 3.63) is 58.9 Å². The second kappa shape index (κ2) is 8.71. The van der Waals surface area contributed by atoms with Crippen molar-refractivity contribution in [2.75, 3.05) is 14.2 Å². The van der Waals surface area contributed by atoms with Crippen LogP contribution in [0.4, 0.5) is 0 Å². The number of rotatable bonds is 7. The predicted octanol–water partition coefficient (Wildman–Crippen LogP) is 3.50. The van der Waals surface area contributed by atoms with Crippen LogP contribution in [0.5, 0.6) is 11.5 Å². The third kappa shape index (κ3) is 4.23. The van der Waals surface area contributed by atoms with E-state index in [1.807, 2.05) is 55.5 Å². The monoisotopic (exact) mass is 398 g/mol. The van der Waals surface area contributed by atoms with E-state index < -0.39 is 0 Å². The third-order valence-corrected chi connectivity index (χ3v) is 4.70. The molecule has 3 rings (SSSR count). The summed E-state index contributed by atoms with van der Waals surface area (Å²) in [5.74, 6) is 1.89. The summed E-state index contributed by atoms with van der Waals surface area (Å²) < 4.78 is 12.6. The molecule has 0 bridgehead atoms. The second-order valence-electron chi connectivity index (χ2n) is 6.20. The minimum absolute atomic E-state index is 0.0518. The fraction of sp³-hybridized carbons (Fsp3) is 0.250. The van der Waals surface area contributed by atoms with Gasteiger partial charge in [0.25, 0.3) is 0 Å². The molecular weight excluding hydrogens is 376 g/mol. The van der Waals surface area contributed by atoms with Crippen LogP contribution in [-0.4, -0.2) is 34.9 Å². The Hall–Kier alpha value is -3.13. The first-order valence-electron chi connectivity index (χ1n) is 8.75. The number of aromatic nitrogens is 3. The van der Waals surface area contributed by atoms with Crippen LogP contribution in [0.2, 0.25) is 0 Å². The van der Waals surface area contributed by atoms with Crippen LogP contribution < -0.4 is 14.8 Å². The summed E-state index contributed by atoms with van der Waals surface area (Å²) in [5, 5.41) is 10.0. The lowest BCUT2D eigenvalue weighted by Gasteiger charge is -2.17. The number of amides is 1. The van der Waals surface area contributed by atoms with Gasteiger partial charge in [-0.2, -0.15) is 5.10 Å². The van der Waals surface area contributed by atoms with E-state index in [9.17, 15) is 4.79 Å².